The molecule has 1 amide bonds. The Hall–Kier alpha value is -2.61. The van der Waals surface area contributed by atoms with Crippen LogP contribution in [0.4, 0.5) is 4.79 Å². The molecule has 2 rings (SSSR count). The van der Waals surface area contributed by atoms with Crippen molar-refractivity contribution < 1.29 is 18.8 Å². The Morgan fingerprint density at radius 3 is 2.55 bits per heavy atom. The van der Waals surface area contributed by atoms with Gasteiger partial charge in [-0.1, -0.05) is 37.6 Å². The van der Waals surface area contributed by atoms with E-state index >= 15 is 0 Å². The van der Waals surface area contributed by atoms with E-state index in [1.807, 2.05) is 45.0 Å². The molecule has 0 saturated heterocycles. The van der Waals surface area contributed by atoms with E-state index in [0.717, 1.165) is 37.1 Å². The first kappa shape index (κ1) is 24.7. The third-order valence-electron chi connectivity index (χ3n) is 4.32. The minimum atomic E-state index is -0.599. The van der Waals surface area contributed by atoms with Crippen molar-refractivity contribution in [1.29, 1.82) is 0 Å². The lowest BCUT2D eigenvalue weighted by Gasteiger charge is -2.22. The largest absolute Gasteiger partial charge is 0.494 e. The maximum Gasteiger partial charge on any atom is 0.408 e. The van der Waals surface area contributed by atoms with Gasteiger partial charge in [-0.15, -0.1) is 0 Å². The second-order valence-corrected chi connectivity index (χ2v) is 8.47. The quantitative estimate of drug-likeness (QED) is 0.475. The minimum absolute atomic E-state index is 0.419. The van der Waals surface area contributed by atoms with Crippen molar-refractivity contribution in [2.24, 2.45) is 0 Å². The van der Waals surface area contributed by atoms with Crippen LogP contribution in [0, 0.1) is 0 Å². The summed E-state index contributed by atoms with van der Waals surface area (Å²) in [6, 6.07) is 7.35. The smallest absolute Gasteiger partial charge is 0.408 e. The molecule has 0 saturated carbocycles. The molecule has 31 heavy (non-hydrogen) atoms. The van der Waals surface area contributed by atoms with Crippen molar-refractivity contribution in [3.8, 4) is 5.75 Å². The Balaban J connectivity index is 2.09. The second-order valence-electron chi connectivity index (χ2n) is 8.47. The van der Waals surface area contributed by atoms with E-state index < -0.39 is 17.7 Å². The van der Waals surface area contributed by atoms with Crippen LogP contribution in [0.1, 0.15) is 77.2 Å². The summed E-state index contributed by atoms with van der Waals surface area (Å²) in [5, 5.41) is 10.2. The monoisotopic (exact) mass is 432 g/mol. The SMILES string of the molecule is CCCCOc1ccc(CC(NC(=O)OC(C)(C)C)c2noc(CNCCC)n2)cc1. The number of carbonyl (C=O) groups excluding carboxylic acids is 1. The van der Waals surface area contributed by atoms with Gasteiger partial charge >= 0.3 is 6.09 Å². The lowest BCUT2D eigenvalue weighted by molar-refractivity contribution is 0.0500. The fourth-order valence-corrected chi connectivity index (χ4v) is 2.80. The van der Waals surface area contributed by atoms with Crippen molar-refractivity contribution >= 4 is 6.09 Å². The molecule has 1 atom stereocenters. The molecular weight excluding hydrogens is 396 g/mol. The Morgan fingerprint density at radius 2 is 1.90 bits per heavy atom. The van der Waals surface area contributed by atoms with E-state index in [-0.39, 0.29) is 0 Å². The second kappa shape index (κ2) is 12.3. The van der Waals surface area contributed by atoms with E-state index in [1.54, 1.807) is 0 Å². The highest BCUT2D eigenvalue weighted by molar-refractivity contribution is 5.68. The molecule has 0 aliphatic carbocycles. The van der Waals surface area contributed by atoms with Gasteiger partial charge in [0.15, 0.2) is 5.82 Å². The van der Waals surface area contributed by atoms with Gasteiger partial charge in [0, 0.05) is 6.42 Å². The Bertz CT molecular complexity index is 784. The zero-order chi connectivity index (χ0) is 22.7. The minimum Gasteiger partial charge on any atom is -0.494 e. The van der Waals surface area contributed by atoms with Gasteiger partial charge in [0.25, 0.3) is 0 Å². The van der Waals surface area contributed by atoms with Crippen LogP contribution in [0.15, 0.2) is 28.8 Å². The average molecular weight is 433 g/mol. The van der Waals surface area contributed by atoms with Gasteiger partial charge in [0.05, 0.1) is 19.2 Å². The Kier molecular flexibility index (Phi) is 9.78. The van der Waals surface area contributed by atoms with Crippen molar-refractivity contribution in [2.45, 2.75) is 78.5 Å². The summed E-state index contributed by atoms with van der Waals surface area (Å²) in [5.74, 6) is 1.74. The first-order chi connectivity index (χ1) is 14.8. The Morgan fingerprint density at radius 1 is 1.16 bits per heavy atom. The molecule has 0 aliphatic heterocycles. The van der Waals surface area contributed by atoms with Gasteiger partial charge in [0.2, 0.25) is 5.89 Å². The number of benzene rings is 1. The molecule has 1 aromatic carbocycles. The van der Waals surface area contributed by atoms with Crippen LogP contribution in [0.5, 0.6) is 5.75 Å². The topological polar surface area (TPSA) is 98.5 Å². The van der Waals surface area contributed by atoms with Crippen molar-refractivity contribution in [1.82, 2.24) is 20.8 Å². The first-order valence-corrected chi connectivity index (χ1v) is 11.0. The highest BCUT2D eigenvalue weighted by Crippen LogP contribution is 2.20. The number of ether oxygens (including phenoxy) is 2. The molecule has 8 heteroatoms. The van der Waals surface area contributed by atoms with Gasteiger partial charge in [0.1, 0.15) is 11.4 Å². The van der Waals surface area contributed by atoms with Crippen LogP contribution < -0.4 is 15.4 Å². The van der Waals surface area contributed by atoms with Crippen LogP contribution in [0.3, 0.4) is 0 Å². The van der Waals surface area contributed by atoms with Crippen LogP contribution in [0.25, 0.3) is 0 Å². The van der Waals surface area contributed by atoms with Gasteiger partial charge < -0.3 is 24.6 Å². The van der Waals surface area contributed by atoms with Gasteiger partial charge in [-0.05, 0) is 57.9 Å². The van der Waals surface area contributed by atoms with Crippen LogP contribution in [-0.2, 0) is 17.7 Å². The highest BCUT2D eigenvalue weighted by Gasteiger charge is 2.24. The number of nitrogens with zero attached hydrogens (tertiary/aromatic N) is 2. The standard InChI is InChI=1S/C23H36N4O4/c1-6-8-14-29-18-11-9-17(10-12-18)15-19(25-22(28)30-23(3,4)5)21-26-20(31-27-21)16-24-13-7-2/h9-12,19,24H,6-8,13-16H2,1-5H3,(H,25,28). The molecule has 1 heterocycles. The third kappa shape index (κ3) is 9.38. The normalized spacial score (nSPS) is 12.4. The first-order valence-electron chi connectivity index (χ1n) is 11.0. The number of carbonyl (C=O) groups is 1. The average Bonchev–Trinajstić information content (AvgIpc) is 3.17. The highest BCUT2D eigenvalue weighted by atomic mass is 16.6. The summed E-state index contributed by atoms with van der Waals surface area (Å²) in [5.41, 5.74) is 0.415. The molecule has 2 aromatic rings. The maximum absolute atomic E-state index is 12.4. The molecule has 1 aromatic heterocycles. The number of unbranched alkanes of at least 4 members (excludes halogenated alkanes) is 1. The van der Waals surface area contributed by atoms with E-state index in [1.165, 1.54) is 0 Å². The van der Waals surface area contributed by atoms with Crippen LogP contribution >= 0.6 is 0 Å². The zero-order valence-electron chi connectivity index (χ0n) is 19.4. The van der Waals surface area contributed by atoms with Crippen molar-refractivity contribution in [3.05, 3.63) is 41.5 Å². The van der Waals surface area contributed by atoms with Crippen molar-refractivity contribution in [2.75, 3.05) is 13.2 Å². The van der Waals surface area contributed by atoms with Crippen LogP contribution in [0.2, 0.25) is 0 Å². The maximum atomic E-state index is 12.4. The number of rotatable bonds is 12. The molecular formula is C23H36N4O4. The molecule has 172 valence electrons. The molecule has 0 fully saturated rings. The molecule has 1 unspecified atom stereocenters. The Labute approximate surface area is 185 Å². The van der Waals surface area contributed by atoms with E-state index in [2.05, 4.69) is 34.6 Å². The fraction of sp³-hybridized carbons (Fsp3) is 0.609. The van der Waals surface area contributed by atoms with E-state index in [9.17, 15) is 4.79 Å². The number of hydrogen-bond acceptors (Lipinski definition) is 7. The van der Waals surface area contributed by atoms with E-state index in [4.69, 9.17) is 14.0 Å². The van der Waals surface area contributed by atoms with Crippen molar-refractivity contribution in [3.63, 3.8) is 0 Å². The predicted molar refractivity (Wildman–Crippen MR) is 119 cm³/mol. The van der Waals surface area contributed by atoms with Gasteiger partial charge in [-0.2, -0.15) is 4.98 Å². The molecule has 0 radical (unpaired) electrons. The molecule has 0 spiro atoms. The van der Waals surface area contributed by atoms with Gasteiger partial charge in [-0.25, -0.2) is 4.79 Å². The van der Waals surface area contributed by atoms with Gasteiger partial charge in [-0.3, -0.25) is 0 Å². The number of alkyl carbamates (subject to hydrolysis) is 1. The van der Waals surface area contributed by atoms with E-state index in [0.29, 0.717) is 31.3 Å². The summed E-state index contributed by atoms with van der Waals surface area (Å²) in [6.45, 7) is 11.8. The molecule has 2 N–H and O–H groups in total. The summed E-state index contributed by atoms with van der Waals surface area (Å²) in [4.78, 5) is 16.9. The summed E-state index contributed by atoms with van der Waals surface area (Å²) >= 11 is 0. The number of amides is 1. The summed E-state index contributed by atoms with van der Waals surface area (Å²) in [6.07, 6.45) is 3.11. The number of aromatic nitrogens is 2. The molecule has 8 nitrogen and oxygen atoms in total. The third-order valence-corrected chi connectivity index (χ3v) is 4.32. The summed E-state index contributed by atoms with van der Waals surface area (Å²) in [7, 11) is 0. The zero-order valence-corrected chi connectivity index (χ0v) is 19.4. The number of nitrogens with one attached hydrogen (secondary N) is 2. The fourth-order valence-electron chi connectivity index (χ4n) is 2.80. The lowest BCUT2D eigenvalue weighted by atomic mass is 10.1. The predicted octanol–water partition coefficient (Wildman–Crippen LogP) is 4.56. The summed E-state index contributed by atoms with van der Waals surface area (Å²) < 4.78 is 16.5. The molecule has 0 aliphatic rings. The molecule has 0 bridgehead atoms. The lowest BCUT2D eigenvalue weighted by Crippen LogP contribution is -2.36. The van der Waals surface area contributed by atoms with Crippen LogP contribution in [-0.4, -0.2) is 35.0 Å². The number of hydrogen-bond donors (Lipinski definition) is 2.